The van der Waals surface area contributed by atoms with Gasteiger partial charge in [-0.05, 0) is 45.8 Å². The number of nitrogens with zero attached hydrogens (tertiary/aromatic N) is 2. The normalized spacial score (nSPS) is 13.9. The zero-order valence-electron chi connectivity index (χ0n) is 10.6. The van der Waals surface area contributed by atoms with Crippen molar-refractivity contribution < 1.29 is 9.53 Å². The Kier molecular flexibility index (Phi) is 4.06. The largest absolute Gasteiger partial charge is 0.480 e. The number of pyridine rings is 1. The maximum absolute atomic E-state index is 12.1. The average molecular weight is 388 g/mol. The van der Waals surface area contributed by atoms with Gasteiger partial charge in [-0.25, -0.2) is 4.98 Å². The number of anilines is 1. The first-order valence-corrected chi connectivity index (χ1v) is 7.63. The Bertz CT molecular complexity index is 724. The van der Waals surface area contributed by atoms with E-state index in [0.29, 0.717) is 32.8 Å². The molecular formula is C14H9BrCl2N2O2. The van der Waals surface area contributed by atoms with Gasteiger partial charge in [-0.3, -0.25) is 9.69 Å². The van der Waals surface area contributed by atoms with E-state index < -0.39 is 0 Å². The summed E-state index contributed by atoms with van der Waals surface area (Å²) in [5.41, 5.74) is 0.795. The first-order valence-electron chi connectivity index (χ1n) is 6.08. The van der Waals surface area contributed by atoms with Crippen molar-refractivity contribution >= 4 is 50.9 Å². The molecule has 0 aliphatic carbocycles. The molecule has 0 saturated carbocycles. The first kappa shape index (κ1) is 14.6. The number of hydrogen-bond donors (Lipinski definition) is 0. The van der Waals surface area contributed by atoms with Gasteiger partial charge in [-0.1, -0.05) is 29.3 Å². The zero-order chi connectivity index (χ0) is 15.0. The van der Waals surface area contributed by atoms with Crippen molar-refractivity contribution in [1.82, 2.24) is 4.98 Å². The molecule has 108 valence electrons. The Balaban J connectivity index is 1.98. The highest BCUT2D eigenvalue weighted by Gasteiger charge is 2.27. The monoisotopic (exact) mass is 386 g/mol. The van der Waals surface area contributed by atoms with Crippen LogP contribution in [0.25, 0.3) is 0 Å². The van der Waals surface area contributed by atoms with E-state index in [-0.39, 0.29) is 12.5 Å². The van der Waals surface area contributed by atoms with Crippen LogP contribution >= 0.6 is 39.1 Å². The third-order valence-electron chi connectivity index (χ3n) is 3.06. The summed E-state index contributed by atoms with van der Waals surface area (Å²) in [6, 6.07) is 8.73. The van der Waals surface area contributed by atoms with Crippen molar-refractivity contribution in [2.24, 2.45) is 0 Å². The lowest BCUT2D eigenvalue weighted by Gasteiger charge is -2.28. The first-order chi connectivity index (χ1) is 10.0. The van der Waals surface area contributed by atoms with Crippen LogP contribution in [0.15, 0.2) is 34.9 Å². The van der Waals surface area contributed by atoms with Crippen molar-refractivity contribution in [1.29, 1.82) is 0 Å². The van der Waals surface area contributed by atoms with E-state index in [2.05, 4.69) is 20.9 Å². The number of rotatable bonds is 2. The fraction of sp³-hybridized carbons (Fsp3) is 0.143. The number of halogens is 3. The second kappa shape index (κ2) is 5.83. The van der Waals surface area contributed by atoms with E-state index in [4.69, 9.17) is 27.9 Å². The van der Waals surface area contributed by atoms with Gasteiger partial charge in [0.05, 0.1) is 6.54 Å². The number of aromatic nitrogens is 1. The van der Waals surface area contributed by atoms with Gasteiger partial charge in [0.15, 0.2) is 18.2 Å². The molecular weight excluding hydrogens is 379 g/mol. The van der Waals surface area contributed by atoms with E-state index in [0.717, 1.165) is 5.56 Å². The summed E-state index contributed by atoms with van der Waals surface area (Å²) in [5, 5.41) is 1.07. The minimum atomic E-state index is -0.167. The van der Waals surface area contributed by atoms with E-state index >= 15 is 0 Å². The summed E-state index contributed by atoms with van der Waals surface area (Å²) in [6.07, 6.45) is 0. The van der Waals surface area contributed by atoms with Gasteiger partial charge in [0.2, 0.25) is 0 Å². The van der Waals surface area contributed by atoms with Gasteiger partial charge in [0, 0.05) is 10.0 Å². The Morgan fingerprint density at radius 1 is 1.29 bits per heavy atom. The summed E-state index contributed by atoms with van der Waals surface area (Å²) in [7, 11) is 0. The van der Waals surface area contributed by atoms with Crippen LogP contribution in [0.4, 0.5) is 5.82 Å². The predicted octanol–water partition coefficient (Wildman–Crippen LogP) is 4.08. The Morgan fingerprint density at radius 3 is 2.86 bits per heavy atom. The van der Waals surface area contributed by atoms with E-state index in [1.54, 1.807) is 35.2 Å². The fourth-order valence-electron chi connectivity index (χ4n) is 2.04. The predicted molar refractivity (Wildman–Crippen MR) is 85.1 cm³/mol. The number of amides is 1. The number of carbonyl (C=O) groups excluding carboxylic acids is 1. The van der Waals surface area contributed by atoms with Crippen molar-refractivity contribution in [2.75, 3.05) is 11.5 Å². The Labute approximate surface area is 139 Å². The molecule has 0 fully saturated rings. The van der Waals surface area contributed by atoms with Crippen molar-refractivity contribution in [3.63, 3.8) is 0 Å². The van der Waals surface area contributed by atoms with Crippen LogP contribution in [0.1, 0.15) is 5.56 Å². The summed E-state index contributed by atoms with van der Waals surface area (Å²) in [6.45, 7) is 0.302. The number of ether oxygens (including phenoxy) is 1. The molecule has 3 rings (SSSR count). The minimum absolute atomic E-state index is 0.0124. The maximum Gasteiger partial charge on any atom is 0.266 e. The molecule has 1 aliphatic heterocycles. The molecule has 0 atom stereocenters. The van der Waals surface area contributed by atoms with Gasteiger partial charge in [-0.15, -0.1) is 0 Å². The lowest BCUT2D eigenvalue weighted by atomic mass is 10.2. The summed E-state index contributed by atoms with van der Waals surface area (Å²) in [4.78, 5) is 18.0. The quantitative estimate of drug-likeness (QED) is 0.729. The lowest BCUT2D eigenvalue weighted by Crippen LogP contribution is -2.39. The standard InChI is InChI=1S/C14H9BrCl2N2O2/c15-12-4-3-11-14(18-12)19(13(20)7-21-11)6-8-1-2-9(16)5-10(8)17/h1-5H,6-7H2. The van der Waals surface area contributed by atoms with Crippen LogP contribution in [0.3, 0.4) is 0 Å². The van der Waals surface area contributed by atoms with E-state index in [1.807, 2.05) is 0 Å². The molecule has 0 unspecified atom stereocenters. The molecule has 0 spiro atoms. The maximum atomic E-state index is 12.1. The van der Waals surface area contributed by atoms with Crippen LogP contribution in [0, 0.1) is 0 Å². The van der Waals surface area contributed by atoms with Gasteiger partial charge in [0.1, 0.15) is 4.60 Å². The van der Waals surface area contributed by atoms with Crippen LogP contribution < -0.4 is 9.64 Å². The highest BCUT2D eigenvalue weighted by Crippen LogP contribution is 2.33. The molecule has 21 heavy (non-hydrogen) atoms. The molecule has 4 nitrogen and oxygen atoms in total. The number of hydrogen-bond acceptors (Lipinski definition) is 3. The molecule has 1 aliphatic rings. The molecule has 1 aromatic heterocycles. The Morgan fingerprint density at radius 2 is 2.10 bits per heavy atom. The van der Waals surface area contributed by atoms with Crippen LogP contribution in [-0.2, 0) is 11.3 Å². The van der Waals surface area contributed by atoms with Gasteiger partial charge < -0.3 is 4.74 Å². The molecule has 0 saturated heterocycles. The van der Waals surface area contributed by atoms with E-state index in [1.165, 1.54) is 0 Å². The van der Waals surface area contributed by atoms with Crippen LogP contribution in [0.2, 0.25) is 10.0 Å². The zero-order valence-corrected chi connectivity index (χ0v) is 13.7. The molecule has 2 aromatic rings. The molecule has 1 amide bonds. The number of carbonyl (C=O) groups is 1. The Hall–Kier alpha value is -1.30. The minimum Gasteiger partial charge on any atom is -0.480 e. The van der Waals surface area contributed by atoms with Gasteiger partial charge in [0.25, 0.3) is 5.91 Å². The SMILES string of the molecule is O=C1COc2ccc(Br)nc2N1Cc1ccc(Cl)cc1Cl. The molecule has 2 heterocycles. The van der Waals surface area contributed by atoms with Crippen molar-refractivity contribution in [3.8, 4) is 5.75 Å². The molecule has 0 radical (unpaired) electrons. The van der Waals surface area contributed by atoms with Gasteiger partial charge >= 0.3 is 0 Å². The summed E-state index contributed by atoms with van der Waals surface area (Å²) >= 11 is 15.4. The third-order valence-corrected chi connectivity index (χ3v) is 4.09. The highest BCUT2D eigenvalue weighted by molar-refractivity contribution is 9.10. The van der Waals surface area contributed by atoms with Crippen LogP contribution in [0.5, 0.6) is 5.75 Å². The second-order valence-corrected chi connectivity index (χ2v) is 6.12. The molecule has 1 aromatic carbocycles. The second-order valence-electron chi connectivity index (χ2n) is 4.46. The van der Waals surface area contributed by atoms with Crippen molar-refractivity contribution in [2.45, 2.75) is 6.54 Å². The smallest absolute Gasteiger partial charge is 0.266 e. The highest BCUT2D eigenvalue weighted by atomic mass is 79.9. The summed E-state index contributed by atoms with van der Waals surface area (Å²) < 4.78 is 6.01. The van der Waals surface area contributed by atoms with Crippen LogP contribution in [-0.4, -0.2) is 17.5 Å². The van der Waals surface area contributed by atoms with Crippen molar-refractivity contribution in [3.05, 3.63) is 50.5 Å². The lowest BCUT2D eigenvalue weighted by molar-refractivity contribution is -0.121. The topological polar surface area (TPSA) is 42.4 Å². The van der Waals surface area contributed by atoms with E-state index in [9.17, 15) is 4.79 Å². The average Bonchev–Trinajstić information content (AvgIpc) is 2.44. The molecule has 0 bridgehead atoms. The molecule has 7 heteroatoms. The third kappa shape index (κ3) is 3.00. The number of fused-ring (bicyclic) bond motifs is 1. The molecule has 0 N–H and O–H groups in total. The number of benzene rings is 1. The fourth-order valence-corrected chi connectivity index (χ4v) is 2.81. The van der Waals surface area contributed by atoms with Gasteiger partial charge in [-0.2, -0.15) is 0 Å². The summed E-state index contributed by atoms with van der Waals surface area (Å²) in [5.74, 6) is 0.883.